The minimum absolute atomic E-state index is 0.867. The van der Waals surface area contributed by atoms with Crippen molar-refractivity contribution >= 4 is 0 Å². The van der Waals surface area contributed by atoms with Crippen LogP contribution in [0.2, 0.25) is 0 Å². The van der Waals surface area contributed by atoms with E-state index in [0.29, 0.717) is 0 Å². The molecule has 2 fully saturated rings. The Morgan fingerprint density at radius 3 is 2.42 bits per heavy atom. The van der Waals surface area contributed by atoms with Gasteiger partial charge in [0.25, 0.3) is 0 Å². The van der Waals surface area contributed by atoms with Gasteiger partial charge in [-0.25, -0.2) is 0 Å². The Balaban J connectivity index is 1.72. The predicted octanol–water partition coefficient (Wildman–Crippen LogP) is 1.08. The topological polar surface area (TPSA) is 15.3 Å². The van der Waals surface area contributed by atoms with Crippen LogP contribution in [-0.4, -0.2) is 37.6 Å². The maximum atomic E-state index is 3.41. The molecule has 2 heteroatoms. The smallest absolute Gasteiger partial charge is 0.0116 e. The molecule has 0 aromatic rings. The second-order valence-electron chi connectivity index (χ2n) is 4.36. The highest BCUT2D eigenvalue weighted by atomic mass is 15.1. The lowest BCUT2D eigenvalue weighted by Crippen LogP contribution is -2.41. The van der Waals surface area contributed by atoms with Crippen LogP contribution in [0.1, 0.15) is 25.7 Å². The summed E-state index contributed by atoms with van der Waals surface area (Å²) in [5.41, 5.74) is 0. The Kier molecular flexibility index (Phi) is 2.66. The first-order valence-electron chi connectivity index (χ1n) is 5.27. The summed E-state index contributed by atoms with van der Waals surface area (Å²) in [7, 11) is 2.30. The van der Waals surface area contributed by atoms with Gasteiger partial charge in [0, 0.05) is 12.6 Å². The van der Waals surface area contributed by atoms with Crippen LogP contribution in [0.5, 0.6) is 0 Å². The molecule has 1 aliphatic heterocycles. The molecule has 2 rings (SSSR count). The zero-order valence-corrected chi connectivity index (χ0v) is 8.05. The molecule has 70 valence electrons. The van der Waals surface area contributed by atoms with Crippen LogP contribution in [0.3, 0.4) is 0 Å². The van der Waals surface area contributed by atoms with E-state index in [4.69, 9.17) is 0 Å². The van der Waals surface area contributed by atoms with E-state index in [1.165, 1.54) is 45.3 Å². The van der Waals surface area contributed by atoms with E-state index in [1.54, 1.807) is 0 Å². The Labute approximate surface area is 75.3 Å². The summed E-state index contributed by atoms with van der Waals surface area (Å²) < 4.78 is 0. The molecule has 0 unspecified atom stereocenters. The highest BCUT2D eigenvalue weighted by molar-refractivity contribution is 4.81. The van der Waals surface area contributed by atoms with E-state index in [-0.39, 0.29) is 0 Å². The second kappa shape index (κ2) is 3.75. The third-order valence-electron chi connectivity index (χ3n) is 3.18. The SMILES string of the molecule is CN(CC1CC1)C1CCNCC1. The van der Waals surface area contributed by atoms with Crippen LogP contribution in [0, 0.1) is 5.92 Å². The first-order chi connectivity index (χ1) is 5.86. The summed E-state index contributed by atoms with van der Waals surface area (Å²) in [5.74, 6) is 1.05. The van der Waals surface area contributed by atoms with E-state index in [9.17, 15) is 0 Å². The zero-order valence-electron chi connectivity index (χ0n) is 8.05. The lowest BCUT2D eigenvalue weighted by Gasteiger charge is -2.31. The maximum Gasteiger partial charge on any atom is 0.0116 e. The quantitative estimate of drug-likeness (QED) is 0.678. The molecule has 0 atom stereocenters. The fraction of sp³-hybridized carbons (Fsp3) is 1.00. The number of nitrogens with zero attached hydrogens (tertiary/aromatic N) is 1. The van der Waals surface area contributed by atoms with Crippen LogP contribution in [0.4, 0.5) is 0 Å². The first kappa shape index (κ1) is 8.52. The van der Waals surface area contributed by atoms with Gasteiger partial charge < -0.3 is 10.2 Å². The van der Waals surface area contributed by atoms with Crippen molar-refractivity contribution in [3.05, 3.63) is 0 Å². The second-order valence-corrected chi connectivity index (χ2v) is 4.36. The van der Waals surface area contributed by atoms with E-state index in [0.717, 1.165) is 12.0 Å². The van der Waals surface area contributed by atoms with Crippen LogP contribution in [-0.2, 0) is 0 Å². The largest absolute Gasteiger partial charge is 0.317 e. The van der Waals surface area contributed by atoms with Gasteiger partial charge in [-0.3, -0.25) is 0 Å². The molecule has 1 N–H and O–H groups in total. The standard InChI is InChI=1S/C10H20N2/c1-12(8-9-2-3-9)10-4-6-11-7-5-10/h9-11H,2-8H2,1H3. The molecule has 0 aromatic heterocycles. The summed E-state index contributed by atoms with van der Waals surface area (Å²) in [6, 6.07) is 0.867. The first-order valence-corrected chi connectivity index (χ1v) is 5.27. The van der Waals surface area contributed by atoms with E-state index in [1.807, 2.05) is 0 Å². The minimum Gasteiger partial charge on any atom is -0.317 e. The van der Waals surface area contributed by atoms with Crippen LogP contribution >= 0.6 is 0 Å². The van der Waals surface area contributed by atoms with Crippen molar-refractivity contribution < 1.29 is 0 Å². The summed E-state index contributed by atoms with van der Waals surface area (Å²) in [4.78, 5) is 2.58. The molecule has 0 amide bonds. The van der Waals surface area contributed by atoms with Crippen molar-refractivity contribution in [2.75, 3.05) is 26.7 Å². The molecule has 0 radical (unpaired) electrons. The molecule has 12 heavy (non-hydrogen) atoms. The van der Waals surface area contributed by atoms with Crippen molar-refractivity contribution in [2.45, 2.75) is 31.7 Å². The fourth-order valence-corrected chi connectivity index (χ4v) is 2.10. The number of nitrogens with one attached hydrogen (secondary N) is 1. The predicted molar refractivity (Wildman–Crippen MR) is 51.2 cm³/mol. The lowest BCUT2D eigenvalue weighted by atomic mass is 10.1. The lowest BCUT2D eigenvalue weighted by molar-refractivity contribution is 0.192. The van der Waals surface area contributed by atoms with Gasteiger partial charge in [-0.05, 0) is 51.7 Å². The van der Waals surface area contributed by atoms with Crippen molar-refractivity contribution in [1.82, 2.24) is 10.2 Å². The van der Waals surface area contributed by atoms with Gasteiger partial charge in [-0.2, -0.15) is 0 Å². The molecule has 1 saturated carbocycles. The summed E-state index contributed by atoms with van der Waals surface area (Å²) >= 11 is 0. The van der Waals surface area contributed by atoms with Gasteiger partial charge in [0.2, 0.25) is 0 Å². The van der Waals surface area contributed by atoms with E-state index in [2.05, 4.69) is 17.3 Å². The summed E-state index contributed by atoms with van der Waals surface area (Å²) in [6.45, 7) is 3.80. The molecule has 0 spiro atoms. The Morgan fingerprint density at radius 2 is 1.83 bits per heavy atom. The Hall–Kier alpha value is -0.0800. The molecule has 0 aromatic carbocycles. The van der Waals surface area contributed by atoms with Gasteiger partial charge in [-0.1, -0.05) is 0 Å². The monoisotopic (exact) mass is 168 g/mol. The van der Waals surface area contributed by atoms with Crippen molar-refractivity contribution in [3.8, 4) is 0 Å². The van der Waals surface area contributed by atoms with Crippen LogP contribution < -0.4 is 5.32 Å². The van der Waals surface area contributed by atoms with Crippen molar-refractivity contribution in [1.29, 1.82) is 0 Å². The fourth-order valence-electron chi connectivity index (χ4n) is 2.10. The molecule has 1 saturated heterocycles. The van der Waals surface area contributed by atoms with E-state index < -0.39 is 0 Å². The summed E-state index contributed by atoms with van der Waals surface area (Å²) in [6.07, 6.45) is 5.66. The Bertz CT molecular complexity index is 137. The Morgan fingerprint density at radius 1 is 1.17 bits per heavy atom. The van der Waals surface area contributed by atoms with Gasteiger partial charge in [-0.15, -0.1) is 0 Å². The third-order valence-corrected chi connectivity index (χ3v) is 3.18. The highest BCUT2D eigenvalue weighted by Crippen LogP contribution is 2.30. The van der Waals surface area contributed by atoms with Crippen LogP contribution in [0.15, 0.2) is 0 Å². The molecule has 1 heterocycles. The third kappa shape index (κ3) is 2.20. The van der Waals surface area contributed by atoms with E-state index >= 15 is 0 Å². The number of hydrogen-bond donors (Lipinski definition) is 1. The van der Waals surface area contributed by atoms with Crippen LogP contribution in [0.25, 0.3) is 0 Å². The van der Waals surface area contributed by atoms with Crippen molar-refractivity contribution in [2.24, 2.45) is 5.92 Å². The van der Waals surface area contributed by atoms with Gasteiger partial charge in [0.15, 0.2) is 0 Å². The van der Waals surface area contributed by atoms with Crippen molar-refractivity contribution in [3.63, 3.8) is 0 Å². The molecule has 1 aliphatic carbocycles. The molecule has 2 nitrogen and oxygen atoms in total. The van der Waals surface area contributed by atoms with Gasteiger partial charge in [0.05, 0.1) is 0 Å². The average Bonchev–Trinajstić information content (AvgIpc) is 2.90. The number of rotatable bonds is 3. The van der Waals surface area contributed by atoms with Gasteiger partial charge >= 0.3 is 0 Å². The zero-order chi connectivity index (χ0) is 8.39. The molecular formula is C10H20N2. The molecule has 2 aliphatic rings. The maximum absolute atomic E-state index is 3.41. The molecule has 0 bridgehead atoms. The molecular weight excluding hydrogens is 148 g/mol. The highest BCUT2D eigenvalue weighted by Gasteiger charge is 2.26. The summed E-state index contributed by atoms with van der Waals surface area (Å²) in [5, 5.41) is 3.41. The number of piperidine rings is 1. The average molecular weight is 168 g/mol. The minimum atomic E-state index is 0.867. The number of hydrogen-bond acceptors (Lipinski definition) is 2. The van der Waals surface area contributed by atoms with Gasteiger partial charge in [0.1, 0.15) is 0 Å². The normalized spacial score (nSPS) is 26.5.